The van der Waals surface area contributed by atoms with E-state index in [1.54, 1.807) is 0 Å². The Kier molecular flexibility index (Phi) is 4.68. The summed E-state index contributed by atoms with van der Waals surface area (Å²) < 4.78 is 38.5. The summed E-state index contributed by atoms with van der Waals surface area (Å²) in [5.74, 6) is 0. The molecule has 0 saturated carbocycles. The molecule has 1 aliphatic heterocycles. The van der Waals surface area contributed by atoms with Crippen LogP contribution in [0, 0.1) is 20.2 Å². The maximum Gasteiger partial charge on any atom is 0.416 e. The van der Waals surface area contributed by atoms with Gasteiger partial charge in [-0.1, -0.05) is 0 Å². The predicted molar refractivity (Wildman–Crippen MR) is 73.2 cm³/mol. The number of nitro groups is 2. The van der Waals surface area contributed by atoms with Crippen LogP contribution in [0.1, 0.15) is 12.0 Å². The second-order valence-corrected chi connectivity index (χ2v) is 5.08. The van der Waals surface area contributed by atoms with Crippen molar-refractivity contribution in [3.63, 3.8) is 0 Å². The summed E-state index contributed by atoms with van der Waals surface area (Å²) in [5, 5.41) is 24.3. The van der Waals surface area contributed by atoms with Crippen LogP contribution >= 0.6 is 0 Å². The fraction of sp³-hybridized carbons (Fsp3) is 0.500. The van der Waals surface area contributed by atoms with E-state index in [-0.39, 0.29) is 12.2 Å². The number of rotatable bonds is 3. The maximum atomic E-state index is 12.8. The van der Waals surface area contributed by atoms with E-state index >= 15 is 0 Å². The molecule has 0 atom stereocenters. The molecule has 1 saturated heterocycles. The van der Waals surface area contributed by atoms with Gasteiger partial charge >= 0.3 is 6.18 Å². The van der Waals surface area contributed by atoms with Gasteiger partial charge < -0.3 is 10.2 Å². The third-order valence-corrected chi connectivity index (χ3v) is 3.55. The average molecular weight is 335 g/mol. The number of quaternary nitrogens is 1. The van der Waals surface area contributed by atoms with Crippen molar-refractivity contribution >= 4 is 17.1 Å². The molecule has 23 heavy (non-hydrogen) atoms. The van der Waals surface area contributed by atoms with Crippen molar-refractivity contribution in [1.29, 1.82) is 0 Å². The van der Waals surface area contributed by atoms with E-state index in [1.807, 2.05) is 5.32 Å². The highest BCUT2D eigenvalue weighted by Crippen LogP contribution is 2.43. The zero-order chi connectivity index (χ0) is 17.2. The topological polar surface area (TPSA) is 106 Å². The summed E-state index contributed by atoms with van der Waals surface area (Å²) >= 11 is 0. The third kappa shape index (κ3) is 3.67. The fourth-order valence-electron chi connectivity index (χ4n) is 2.52. The number of nitrogens with two attached hydrogens (primary N) is 1. The summed E-state index contributed by atoms with van der Waals surface area (Å²) in [5.41, 5.74) is -3.55. The molecule has 0 unspecified atom stereocenters. The molecule has 1 aromatic rings. The highest BCUT2D eigenvalue weighted by atomic mass is 19.4. The number of hydrogen-bond donors (Lipinski definition) is 1. The molecule has 2 N–H and O–H groups in total. The monoisotopic (exact) mass is 335 g/mol. The van der Waals surface area contributed by atoms with Crippen LogP contribution < -0.4 is 10.2 Å². The van der Waals surface area contributed by atoms with Crippen LogP contribution in [0.3, 0.4) is 0 Å². The molecule has 126 valence electrons. The van der Waals surface area contributed by atoms with Crippen LogP contribution in [-0.2, 0) is 6.18 Å². The first kappa shape index (κ1) is 16.9. The van der Waals surface area contributed by atoms with Crippen LogP contribution in [0.25, 0.3) is 0 Å². The standard InChI is InChI=1S/C12H13F3N4O4/c13-12(14,15)8-6-9(18(20)21)11(10(7-8)19(22)23)17-4-1-2-16-3-5-17/h6-7,16H,1-5H2/p+1. The van der Waals surface area contributed by atoms with Crippen molar-refractivity contribution in [2.24, 2.45) is 0 Å². The summed E-state index contributed by atoms with van der Waals surface area (Å²) in [6.07, 6.45) is -4.28. The lowest BCUT2D eigenvalue weighted by atomic mass is 10.1. The Hall–Kier alpha value is -2.43. The molecular weight excluding hydrogens is 321 g/mol. The van der Waals surface area contributed by atoms with E-state index < -0.39 is 33.0 Å². The van der Waals surface area contributed by atoms with Crippen LogP contribution in [0.4, 0.5) is 30.2 Å². The fourth-order valence-corrected chi connectivity index (χ4v) is 2.52. The van der Waals surface area contributed by atoms with Gasteiger partial charge in [0.1, 0.15) is 0 Å². The first-order chi connectivity index (χ1) is 10.7. The number of anilines is 1. The molecule has 1 fully saturated rings. The van der Waals surface area contributed by atoms with E-state index in [4.69, 9.17) is 0 Å². The lowest BCUT2D eigenvalue weighted by Crippen LogP contribution is -2.84. The molecule has 2 rings (SSSR count). The quantitative estimate of drug-likeness (QED) is 0.662. The van der Waals surface area contributed by atoms with Gasteiger partial charge in [-0.3, -0.25) is 20.2 Å². The third-order valence-electron chi connectivity index (χ3n) is 3.55. The highest BCUT2D eigenvalue weighted by molar-refractivity contribution is 5.76. The second-order valence-electron chi connectivity index (χ2n) is 5.08. The SMILES string of the molecule is O=[N+]([O-])c1cc(C(F)(F)F)cc([N+](=O)[O-])c1N1CCC[NH2+]CC1. The normalized spacial score (nSPS) is 16.0. The molecule has 0 aliphatic carbocycles. The Bertz CT molecular complexity index is 592. The molecule has 1 aliphatic rings. The Morgan fingerprint density at radius 2 is 1.61 bits per heavy atom. The van der Waals surface area contributed by atoms with Crippen LogP contribution in [0.5, 0.6) is 0 Å². The van der Waals surface area contributed by atoms with Crippen molar-refractivity contribution in [2.75, 3.05) is 31.1 Å². The first-order valence-corrected chi connectivity index (χ1v) is 6.82. The first-order valence-electron chi connectivity index (χ1n) is 6.82. The Labute approximate surface area is 128 Å². The van der Waals surface area contributed by atoms with Gasteiger partial charge in [-0.05, 0) is 0 Å². The average Bonchev–Trinajstić information content (AvgIpc) is 2.73. The van der Waals surface area contributed by atoms with Crippen molar-refractivity contribution in [3.05, 3.63) is 37.9 Å². The van der Waals surface area contributed by atoms with Gasteiger partial charge in [0.15, 0.2) is 5.69 Å². The van der Waals surface area contributed by atoms with Gasteiger partial charge in [0.2, 0.25) is 0 Å². The molecule has 0 bridgehead atoms. The van der Waals surface area contributed by atoms with Gasteiger partial charge in [0, 0.05) is 25.1 Å². The molecular formula is C12H14F3N4O4+. The summed E-state index contributed by atoms with van der Waals surface area (Å²) in [4.78, 5) is 21.8. The molecule has 8 nitrogen and oxygen atoms in total. The van der Waals surface area contributed by atoms with Crippen LogP contribution in [0.2, 0.25) is 0 Å². The van der Waals surface area contributed by atoms with E-state index in [0.717, 1.165) is 6.54 Å². The van der Waals surface area contributed by atoms with Crippen molar-refractivity contribution < 1.29 is 28.3 Å². The molecule has 1 aromatic carbocycles. The van der Waals surface area contributed by atoms with E-state index in [2.05, 4.69) is 0 Å². The van der Waals surface area contributed by atoms with Crippen LogP contribution in [-0.4, -0.2) is 36.0 Å². The number of halogens is 3. The molecule has 0 radical (unpaired) electrons. The Morgan fingerprint density at radius 1 is 1.04 bits per heavy atom. The molecule has 0 spiro atoms. The number of nitrogens with zero attached hydrogens (tertiary/aromatic N) is 3. The number of hydrogen-bond acceptors (Lipinski definition) is 5. The zero-order valence-electron chi connectivity index (χ0n) is 11.9. The summed E-state index contributed by atoms with van der Waals surface area (Å²) in [6.45, 7) is 1.89. The minimum Gasteiger partial charge on any atom is -0.354 e. The smallest absolute Gasteiger partial charge is 0.354 e. The minimum atomic E-state index is -4.90. The number of nitro benzene ring substituents is 2. The number of alkyl halides is 3. The number of benzene rings is 1. The summed E-state index contributed by atoms with van der Waals surface area (Å²) in [6, 6.07) is 0.716. The van der Waals surface area contributed by atoms with Crippen LogP contribution in [0.15, 0.2) is 12.1 Å². The van der Waals surface area contributed by atoms with Crippen molar-refractivity contribution in [1.82, 2.24) is 0 Å². The van der Waals surface area contributed by atoms with E-state index in [0.29, 0.717) is 31.6 Å². The van der Waals surface area contributed by atoms with E-state index in [1.165, 1.54) is 4.90 Å². The predicted octanol–water partition coefficient (Wildman–Crippen LogP) is 1.30. The van der Waals surface area contributed by atoms with Gasteiger partial charge in [0.05, 0.1) is 35.0 Å². The largest absolute Gasteiger partial charge is 0.416 e. The highest BCUT2D eigenvalue weighted by Gasteiger charge is 2.39. The van der Waals surface area contributed by atoms with Crippen molar-refractivity contribution in [2.45, 2.75) is 12.6 Å². The molecule has 11 heteroatoms. The second kappa shape index (κ2) is 6.36. The lowest BCUT2D eigenvalue weighted by Gasteiger charge is -2.21. The molecule has 1 heterocycles. The van der Waals surface area contributed by atoms with Crippen molar-refractivity contribution in [3.8, 4) is 0 Å². The molecule has 0 aromatic heterocycles. The molecule has 0 amide bonds. The Morgan fingerprint density at radius 3 is 2.09 bits per heavy atom. The Balaban J connectivity index is 2.66. The maximum absolute atomic E-state index is 12.8. The zero-order valence-corrected chi connectivity index (χ0v) is 11.9. The van der Waals surface area contributed by atoms with E-state index in [9.17, 15) is 33.4 Å². The van der Waals surface area contributed by atoms with Gasteiger partial charge in [-0.25, -0.2) is 0 Å². The van der Waals surface area contributed by atoms with Gasteiger partial charge in [-0.15, -0.1) is 0 Å². The lowest BCUT2D eigenvalue weighted by molar-refractivity contribution is -0.650. The van der Waals surface area contributed by atoms with Gasteiger partial charge in [0.25, 0.3) is 11.4 Å². The minimum absolute atomic E-state index is 0.285. The van der Waals surface area contributed by atoms with Gasteiger partial charge in [-0.2, -0.15) is 13.2 Å². The summed E-state index contributed by atoms with van der Waals surface area (Å²) in [7, 11) is 0.